The number of benzene rings is 3. The van der Waals surface area contributed by atoms with Gasteiger partial charge in [0.05, 0.1) is 14.2 Å². The van der Waals surface area contributed by atoms with Gasteiger partial charge in [-0.05, 0) is 38.8 Å². The van der Waals surface area contributed by atoms with Crippen molar-refractivity contribution in [1.29, 1.82) is 0 Å². The van der Waals surface area contributed by atoms with Crippen molar-refractivity contribution in [3.63, 3.8) is 0 Å². The molecule has 0 aromatic heterocycles. The summed E-state index contributed by atoms with van der Waals surface area (Å²) in [7, 11) is 3.10. The summed E-state index contributed by atoms with van der Waals surface area (Å²) in [4.78, 5) is 29.0. The Labute approximate surface area is 225 Å². The highest BCUT2D eigenvalue weighted by Crippen LogP contribution is 2.27. The van der Waals surface area contributed by atoms with E-state index in [1.165, 1.54) is 0 Å². The van der Waals surface area contributed by atoms with Crippen LogP contribution in [0.1, 0.15) is 37.5 Å². The number of rotatable bonds is 11. The molecule has 7 heteroatoms. The quantitative estimate of drug-likeness (QED) is 0.389. The molecule has 3 aromatic rings. The second-order valence-electron chi connectivity index (χ2n) is 10.3. The zero-order chi connectivity index (χ0) is 27.7. The zero-order valence-corrected chi connectivity index (χ0v) is 23.1. The van der Waals surface area contributed by atoms with Gasteiger partial charge in [0.2, 0.25) is 5.91 Å². The van der Waals surface area contributed by atoms with E-state index in [0.717, 1.165) is 16.7 Å². The Balaban J connectivity index is 1.94. The molecule has 3 aromatic carbocycles. The fraction of sp³-hybridized carbons (Fsp3) is 0.355. The van der Waals surface area contributed by atoms with Gasteiger partial charge < -0.3 is 24.4 Å². The molecule has 0 radical (unpaired) electrons. The molecule has 0 saturated heterocycles. The fourth-order valence-electron chi connectivity index (χ4n) is 4.11. The summed E-state index contributed by atoms with van der Waals surface area (Å²) in [5, 5.41) is 3.07. The number of amides is 2. The van der Waals surface area contributed by atoms with E-state index in [2.05, 4.69) is 5.32 Å². The van der Waals surface area contributed by atoms with Gasteiger partial charge in [-0.15, -0.1) is 0 Å². The lowest BCUT2D eigenvalue weighted by atomic mass is 10.0. The van der Waals surface area contributed by atoms with Crippen LogP contribution in [0.5, 0.6) is 17.2 Å². The number of aryl methyl sites for hydroxylation is 1. The number of hydrogen-bond acceptors (Lipinski definition) is 5. The first-order valence-corrected chi connectivity index (χ1v) is 12.6. The predicted molar refractivity (Wildman–Crippen MR) is 149 cm³/mol. The molecule has 3 rings (SSSR count). The average molecular weight is 519 g/mol. The highest BCUT2D eigenvalue weighted by molar-refractivity contribution is 5.89. The molecule has 2 amide bonds. The van der Waals surface area contributed by atoms with Crippen LogP contribution in [-0.4, -0.2) is 49.1 Å². The van der Waals surface area contributed by atoms with Gasteiger partial charge in [0.15, 0.2) is 6.61 Å². The lowest BCUT2D eigenvalue weighted by molar-refractivity contribution is -0.143. The molecule has 0 fully saturated rings. The second-order valence-corrected chi connectivity index (χ2v) is 10.3. The van der Waals surface area contributed by atoms with Crippen LogP contribution < -0.4 is 19.5 Å². The third-order valence-electron chi connectivity index (χ3n) is 5.89. The van der Waals surface area contributed by atoms with Gasteiger partial charge in [0, 0.05) is 36.7 Å². The first kappa shape index (κ1) is 28.6. The summed E-state index contributed by atoms with van der Waals surface area (Å²) in [5.41, 5.74) is 2.51. The topological polar surface area (TPSA) is 77.1 Å². The maximum Gasteiger partial charge on any atom is 0.261 e. The number of carbonyl (C=O) groups excluding carboxylic acids is 2. The van der Waals surface area contributed by atoms with Gasteiger partial charge >= 0.3 is 0 Å². The van der Waals surface area contributed by atoms with Gasteiger partial charge in [0.25, 0.3) is 5.91 Å². The Hall–Kier alpha value is -4.00. The minimum atomic E-state index is -0.743. The Kier molecular flexibility index (Phi) is 9.77. The Morgan fingerprint density at radius 2 is 1.45 bits per heavy atom. The fourth-order valence-corrected chi connectivity index (χ4v) is 4.11. The van der Waals surface area contributed by atoms with Crippen molar-refractivity contribution < 1.29 is 23.8 Å². The van der Waals surface area contributed by atoms with E-state index >= 15 is 0 Å². The second kappa shape index (κ2) is 13.0. The molecular formula is C31H38N2O5. The molecule has 0 spiro atoms. The lowest BCUT2D eigenvalue weighted by Gasteiger charge is -2.33. The van der Waals surface area contributed by atoms with E-state index in [-0.39, 0.29) is 25.0 Å². The summed E-state index contributed by atoms with van der Waals surface area (Å²) in [6.45, 7) is 7.79. The molecular weight excluding hydrogens is 480 g/mol. The largest absolute Gasteiger partial charge is 0.496 e. The third-order valence-corrected chi connectivity index (χ3v) is 5.89. The minimum absolute atomic E-state index is 0.217. The number of methoxy groups -OCH3 is 2. The zero-order valence-electron chi connectivity index (χ0n) is 23.1. The molecule has 0 saturated carbocycles. The van der Waals surface area contributed by atoms with Crippen molar-refractivity contribution in [2.75, 3.05) is 20.8 Å². The van der Waals surface area contributed by atoms with Crippen molar-refractivity contribution >= 4 is 11.8 Å². The molecule has 0 unspecified atom stereocenters. The van der Waals surface area contributed by atoms with Gasteiger partial charge in [-0.25, -0.2) is 0 Å². The van der Waals surface area contributed by atoms with Crippen molar-refractivity contribution in [1.82, 2.24) is 10.2 Å². The van der Waals surface area contributed by atoms with E-state index in [1.54, 1.807) is 37.3 Å². The van der Waals surface area contributed by atoms with Crippen LogP contribution in [0, 0.1) is 6.92 Å². The smallest absolute Gasteiger partial charge is 0.261 e. The molecule has 0 aliphatic rings. The molecule has 0 aliphatic carbocycles. The van der Waals surface area contributed by atoms with Crippen molar-refractivity contribution in [2.45, 2.75) is 52.2 Å². The van der Waals surface area contributed by atoms with Gasteiger partial charge in [0.1, 0.15) is 23.3 Å². The first-order valence-electron chi connectivity index (χ1n) is 12.6. The van der Waals surface area contributed by atoms with Crippen LogP contribution in [0.4, 0.5) is 0 Å². The van der Waals surface area contributed by atoms with Crippen LogP contribution in [-0.2, 0) is 22.6 Å². The van der Waals surface area contributed by atoms with Crippen molar-refractivity contribution in [3.8, 4) is 17.2 Å². The number of nitrogens with one attached hydrogen (secondary N) is 1. The third kappa shape index (κ3) is 8.54. The number of hydrogen-bond donors (Lipinski definition) is 1. The maximum atomic E-state index is 13.8. The summed E-state index contributed by atoms with van der Waals surface area (Å²) in [6, 6.07) is 22.0. The molecule has 7 nitrogen and oxygen atoms in total. The highest BCUT2D eigenvalue weighted by atomic mass is 16.5. The van der Waals surface area contributed by atoms with E-state index < -0.39 is 11.6 Å². The van der Waals surface area contributed by atoms with E-state index in [0.29, 0.717) is 23.7 Å². The van der Waals surface area contributed by atoms with Crippen LogP contribution in [0.2, 0.25) is 0 Å². The van der Waals surface area contributed by atoms with Gasteiger partial charge in [-0.3, -0.25) is 9.59 Å². The Morgan fingerprint density at radius 3 is 2.03 bits per heavy atom. The number of carbonyl (C=O) groups is 2. The Morgan fingerprint density at radius 1 is 0.842 bits per heavy atom. The summed E-state index contributed by atoms with van der Waals surface area (Å²) in [5.74, 6) is 1.01. The lowest BCUT2D eigenvalue weighted by Crippen LogP contribution is -2.55. The summed E-state index contributed by atoms with van der Waals surface area (Å²) < 4.78 is 16.5. The number of nitrogens with zero attached hydrogens (tertiary/aromatic N) is 1. The Bertz CT molecular complexity index is 1200. The van der Waals surface area contributed by atoms with Crippen LogP contribution in [0.3, 0.4) is 0 Å². The molecule has 0 bridgehead atoms. The van der Waals surface area contributed by atoms with Crippen LogP contribution >= 0.6 is 0 Å². The number of ether oxygens (including phenoxy) is 3. The average Bonchev–Trinajstić information content (AvgIpc) is 2.88. The van der Waals surface area contributed by atoms with Crippen LogP contribution in [0.15, 0.2) is 72.8 Å². The minimum Gasteiger partial charge on any atom is -0.496 e. The van der Waals surface area contributed by atoms with E-state index in [1.807, 2.05) is 82.3 Å². The van der Waals surface area contributed by atoms with Gasteiger partial charge in [-0.1, -0.05) is 60.2 Å². The monoisotopic (exact) mass is 518 g/mol. The molecule has 0 aliphatic heterocycles. The van der Waals surface area contributed by atoms with Gasteiger partial charge in [-0.2, -0.15) is 0 Å². The normalized spacial score (nSPS) is 11.8. The van der Waals surface area contributed by atoms with Crippen molar-refractivity contribution in [2.24, 2.45) is 0 Å². The standard InChI is InChI=1S/C31H38N2O5/c1-22-11-10-14-24(15-22)20-33(29(34)21-38-27-18-25(36-5)17-26(19-27)37-6)28(30(35)32-31(2,3)4)16-23-12-8-7-9-13-23/h7-15,17-19,28H,16,20-21H2,1-6H3,(H,32,35)/t28-/m0/s1. The summed E-state index contributed by atoms with van der Waals surface area (Å²) >= 11 is 0. The molecule has 0 heterocycles. The van der Waals surface area contributed by atoms with Crippen molar-refractivity contribution in [3.05, 3.63) is 89.5 Å². The van der Waals surface area contributed by atoms with E-state index in [4.69, 9.17) is 14.2 Å². The van der Waals surface area contributed by atoms with Crippen LogP contribution in [0.25, 0.3) is 0 Å². The maximum absolute atomic E-state index is 13.8. The molecule has 1 N–H and O–H groups in total. The molecule has 1 atom stereocenters. The molecule has 202 valence electrons. The SMILES string of the molecule is COc1cc(OC)cc(OCC(=O)N(Cc2cccc(C)c2)[C@@H](Cc2ccccc2)C(=O)NC(C)(C)C)c1. The summed E-state index contributed by atoms with van der Waals surface area (Å²) in [6.07, 6.45) is 0.368. The first-order chi connectivity index (χ1) is 18.1. The highest BCUT2D eigenvalue weighted by Gasteiger charge is 2.32. The predicted octanol–water partition coefficient (Wildman–Crippen LogP) is 4.95. The molecule has 38 heavy (non-hydrogen) atoms. The van der Waals surface area contributed by atoms with E-state index in [9.17, 15) is 9.59 Å².